The van der Waals surface area contributed by atoms with E-state index in [9.17, 15) is 14.4 Å². The van der Waals surface area contributed by atoms with Gasteiger partial charge in [-0.25, -0.2) is 4.79 Å². The molecule has 0 aliphatic heterocycles. The maximum absolute atomic E-state index is 12.2. The highest BCUT2D eigenvalue weighted by molar-refractivity contribution is 6.33. The van der Waals surface area contributed by atoms with Gasteiger partial charge in [0, 0.05) is 25.8 Å². The van der Waals surface area contributed by atoms with Crippen molar-refractivity contribution in [3.05, 3.63) is 59.1 Å². The number of nitrogens with zero attached hydrogens (tertiary/aromatic N) is 2. The summed E-state index contributed by atoms with van der Waals surface area (Å²) in [7, 11) is 1.46. The minimum absolute atomic E-state index is 0.194. The second-order valence-electron chi connectivity index (χ2n) is 6.57. The molecule has 160 valence electrons. The molecular weight excluding hydrogens is 406 g/mol. The first kappa shape index (κ1) is 23.2. The maximum Gasteiger partial charge on any atom is 0.338 e. The number of benzene rings is 2. The van der Waals surface area contributed by atoms with Crippen molar-refractivity contribution in [3.8, 4) is 0 Å². The predicted octanol–water partition coefficient (Wildman–Crippen LogP) is 3.44. The largest absolute Gasteiger partial charge is 0.452 e. The van der Waals surface area contributed by atoms with Crippen molar-refractivity contribution < 1.29 is 19.1 Å². The molecule has 0 atom stereocenters. The molecule has 0 aliphatic carbocycles. The Kier molecular flexibility index (Phi) is 8.68. The molecule has 2 aromatic rings. The molecule has 0 aromatic heterocycles. The zero-order valence-electron chi connectivity index (χ0n) is 17.4. The van der Waals surface area contributed by atoms with Gasteiger partial charge in [0.15, 0.2) is 6.61 Å². The van der Waals surface area contributed by atoms with Crippen molar-refractivity contribution in [2.75, 3.05) is 43.5 Å². The molecule has 30 heavy (non-hydrogen) atoms. The maximum atomic E-state index is 12.2. The lowest BCUT2D eigenvalue weighted by molar-refractivity contribution is -0.136. The van der Waals surface area contributed by atoms with E-state index in [1.165, 1.54) is 11.9 Å². The number of carbonyl (C=O) groups excluding carboxylic acids is 3. The van der Waals surface area contributed by atoms with Crippen molar-refractivity contribution >= 4 is 40.8 Å². The van der Waals surface area contributed by atoms with Crippen LogP contribution in [0, 0.1) is 0 Å². The molecule has 0 fully saturated rings. The van der Waals surface area contributed by atoms with Gasteiger partial charge in [-0.3, -0.25) is 9.59 Å². The molecule has 0 unspecified atom stereocenters. The monoisotopic (exact) mass is 431 g/mol. The van der Waals surface area contributed by atoms with Gasteiger partial charge >= 0.3 is 5.97 Å². The highest BCUT2D eigenvalue weighted by Gasteiger charge is 2.17. The van der Waals surface area contributed by atoms with E-state index in [-0.39, 0.29) is 6.54 Å². The van der Waals surface area contributed by atoms with Crippen molar-refractivity contribution in [3.63, 3.8) is 0 Å². The fourth-order valence-electron chi connectivity index (χ4n) is 2.77. The Morgan fingerprint density at radius 3 is 2.23 bits per heavy atom. The van der Waals surface area contributed by atoms with Gasteiger partial charge in [-0.1, -0.05) is 23.7 Å². The lowest BCUT2D eigenvalue weighted by atomic mass is 10.2. The Bertz CT molecular complexity index is 882. The van der Waals surface area contributed by atoms with E-state index in [4.69, 9.17) is 16.3 Å². The first-order chi connectivity index (χ1) is 14.3. The lowest BCUT2D eigenvalue weighted by Gasteiger charge is -2.21. The Morgan fingerprint density at radius 2 is 1.63 bits per heavy atom. The third-order valence-electron chi connectivity index (χ3n) is 4.51. The molecule has 2 rings (SSSR count). The van der Waals surface area contributed by atoms with E-state index in [0.29, 0.717) is 16.3 Å². The summed E-state index contributed by atoms with van der Waals surface area (Å²) >= 11 is 6.00. The molecule has 7 nitrogen and oxygen atoms in total. The lowest BCUT2D eigenvalue weighted by Crippen LogP contribution is -2.37. The number of esters is 1. The molecule has 0 heterocycles. The SMILES string of the molecule is CCN(CC)c1ccc(C(=O)OCC(=O)N(C)CC(=O)Nc2ccccc2Cl)cc1. The third-order valence-corrected chi connectivity index (χ3v) is 4.84. The smallest absolute Gasteiger partial charge is 0.338 e. The average molecular weight is 432 g/mol. The second kappa shape index (κ2) is 11.2. The zero-order valence-corrected chi connectivity index (χ0v) is 18.1. The summed E-state index contributed by atoms with van der Waals surface area (Å²) in [5, 5.41) is 3.04. The standard InChI is InChI=1S/C22H26ClN3O4/c1-4-26(5-2)17-12-10-16(11-13-17)22(29)30-15-21(28)25(3)14-20(27)24-19-9-7-6-8-18(19)23/h6-13H,4-5,14-15H2,1-3H3,(H,24,27). The number of anilines is 2. The van der Waals surface area contributed by atoms with Gasteiger partial charge in [0.25, 0.3) is 5.91 Å². The van der Waals surface area contributed by atoms with Gasteiger partial charge in [0.1, 0.15) is 0 Å². The summed E-state index contributed by atoms with van der Waals surface area (Å²) in [6.45, 7) is 5.20. The molecule has 0 spiro atoms. The summed E-state index contributed by atoms with van der Waals surface area (Å²) < 4.78 is 5.09. The van der Waals surface area contributed by atoms with Crippen LogP contribution in [0.5, 0.6) is 0 Å². The number of halogens is 1. The van der Waals surface area contributed by atoms with Gasteiger partial charge in [0.05, 0.1) is 22.8 Å². The minimum Gasteiger partial charge on any atom is -0.452 e. The fourth-order valence-corrected chi connectivity index (χ4v) is 2.96. The van der Waals surface area contributed by atoms with Gasteiger partial charge in [0.2, 0.25) is 5.91 Å². The van der Waals surface area contributed by atoms with Gasteiger partial charge in [-0.05, 0) is 50.2 Å². The van der Waals surface area contributed by atoms with Gasteiger partial charge < -0.3 is 19.9 Å². The highest BCUT2D eigenvalue weighted by Crippen LogP contribution is 2.20. The van der Waals surface area contributed by atoms with Crippen LogP contribution < -0.4 is 10.2 Å². The molecule has 1 N–H and O–H groups in total. The average Bonchev–Trinajstić information content (AvgIpc) is 2.74. The topological polar surface area (TPSA) is 79.0 Å². The quantitative estimate of drug-likeness (QED) is 0.615. The number of nitrogens with one attached hydrogen (secondary N) is 1. The van der Waals surface area contributed by atoms with E-state index < -0.39 is 24.4 Å². The Balaban J connectivity index is 1.83. The van der Waals surface area contributed by atoms with Crippen molar-refractivity contribution in [1.82, 2.24) is 4.90 Å². The summed E-state index contributed by atoms with van der Waals surface area (Å²) in [6, 6.07) is 13.8. The highest BCUT2D eigenvalue weighted by atomic mass is 35.5. The summed E-state index contributed by atoms with van der Waals surface area (Å²) in [4.78, 5) is 39.8. The first-order valence-corrected chi connectivity index (χ1v) is 10.0. The normalized spacial score (nSPS) is 10.3. The van der Waals surface area contributed by atoms with Crippen LogP contribution in [0.4, 0.5) is 11.4 Å². The molecule has 2 aromatic carbocycles. The first-order valence-electron chi connectivity index (χ1n) is 9.66. The summed E-state index contributed by atoms with van der Waals surface area (Å²) in [5.41, 5.74) is 1.83. The molecule has 0 saturated carbocycles. The number of amides is 2. The summed E-state index contributed by atoms with van der Waals surface area (Å²) in [6.07, 6.45) is 0. The van der Waals surface area contributed by atoms with Crippen molar-refractivity contribution in [2.45, 2.75) is 13.8 Å². The molecule has 8 heteroatoms. The van der Waals surface area contributed by atoms with Crippen LogP contribution in [-0.4, -0.2) is 56.0 Å². The number of likely N-dealkylation sites (N-methyl/N-ethyl adjacent to an activating group) is 1. The molecule has 0 saturated heterocycles. The number of carbonyl (C=O) groups is 3. The third kappa shape index (κ3) is 6.49. The van der Waals surface area contributed by atoms with E-state index in [2.05, 4.69) is 24.1 Å². The minimum atomic E-state index is -0.594. The van der Waals surface area contributed by atoms with Crippen LogP contribution in [0.3, 0.4) is 0 Å². The number of ether oxygens (including phenoxy) is 1. The van der Waals surface area contributed by atoms with E-state index in [1.807, 2.05) is 12.1 Å². The summed E-state index contributed by atoms with van der Waals surface area (Å²) in [5.74, 6) is -1.49. The van der Waals surface area contributed by atoms with Crippen LogP contribution in [0.1, 0.15) is 24.2 Å². The van der Waals surface area contributed by atoms with Crippen LogP contribution in [-0.2, 0) is 14.3 Å². The molecule has 0 bridgehead atoms. The number of hydrogen-bond donors (Lipinski definition) is 1. The molecule has 0 radical (unpaired) electrons. The molecular formula is C22H26ClN3O4. The predicted molar refractivity (Wildman–Crippen MR) is 118 cm³/mol. The van der Waals surface area contributed by atoms with Crippen molar-refractivity contribution in [2.24, 2.45) is 0 Å². The van der Waals surface area contributed by atoms with Crippen LogP contribution in [0.25, 0.3) is 0 Å². The van der Waals surface area contributed by atoms with Gasteiger partial charge in [-0.2, -0.15) is 0 Å². The molecule has 2 amide bonds. The van der Waals surface area contributed by atoms with Crippen LogP contribution in [0.15, 0.2) is 48.5 Å². The zero-order chi connectivity index (χ0) is 22.1. The van der Waals surface area contributed by atoms with E-state index in [1.54, 1.807) is 36.4 Å². The number of para-hydroxylation sites is 1. The Morgan fingerprint density at radius 1 is 1.00 bits per heavy atom. The van der Waals surface area contributed by atoms with Gasteiger partial charge in [-0.15, -0.1) is 0 Å². The second-order valence-corrected chi connectivity index (χ2v) is 6.98. The Labute approximate surface area is 181 Å². The molecule has 0 aliphatic rings. The number of rotatable bonds is 9. The number of hydrogen-bond acceptors (Lipinski definition) is 5. The van der Waals surface area contributed by atoms with Crippen molar-refractivity contribution in [1.29, 1.82) is 0 Å². The van der Waals surface area contributed by atoms with E-state index >= 15 is 0 Å². The van der Waals surface area contributed by atoms with E-state index in [0.717, 1.165) is 18.8 Å². The Hall–Kier alpha value is -3.06. The van der Waals surface area contributed by atoms with Crippen LogP contribution >= 0.6 is 11.6 Å². The fraction of sp³-hybridized carbons (Fsp3) is 0.318. The van der Waals surface area contributed by atoms with Crippen LogP contribution in [0.2, 0.25) is 5.02 Å².